The molecule has 0 bridgehead atoms. The van der Waals surface area contributed by atoms with Crippen molar-refractivity contribution in [2.75, 3.05) is 0 Å². The number of hydrogen-bond acceptors (Lipinski definition) is 4. The van der Waals surface area contributed by atoms with Crippen LogP contribution in [0.2, 0.25) is 0 Å². The van der Waals surface area contributed by atoms with Crippen molar-refractivity contribution in [3.63, 3.8) is 0 Å². The van der Waals surface area contributed by atoms with Crippen molar-refractivity contribution in [1.82, 2.24) is 25.4 Å². The Morgan fingerprint density at radius 2 is 1.74 bits per heavy atom. The molecule has 3 N–H and O–H groups in total. The topological polar surface area (TPSA) is 109 Å². The highest BCUT2D eigenvalue weighted by atomic mass is 19.4. The van der Waals surface area contributed by atoms with Crippen LogP contribution >= 0.6 is 0 Å². The van der Waals surface area contributed by atoms with Crippen molar-refractivity contribution in [2.24, 2.45) is 7.05 Å². The van der Waals surface area contributed by atoms with Gasteiger partial charge in [-0.3, -0.25) is 14.5 Å². The molecule has 0 aliphatic heterocycles. The van der Waals surface area contributed by atoms with E-state index in [-0.39, 0.29) is 18.0 Å². The van der Waals surface area contributed by atoms with Gasteiger partial charge in [0.25, 0.3) is 5.91 Å². The van der Waals surface area contributed by atoms with E-state index >= 15 is 0 Å². The van der Waals surface area contributed by atoms with E-state index in [1.54, 1.807) is 61.4 Å². The zero-order chi connectivity index (χ0) is 27.4. The van der Waals surface area contributed by atoms with Gasteiger partial charge in [0, 0.05) is 43.3 Å². The van der Waals surface area contributed by atoms with Crippen molar-refractivity contribution in [1.29, 1.82) is 0 Å². The van der Waals surface area contributed by atoms with Crippen molar-refractivity contribution in [3.8, 4) is 22.3 Å². The minimum Gasteiger partial charge on any atom is -0.465 e. The van der Waals surface area contributed by atoms with Crippen LogP contribution in [0.15, 0.2) is 73.3 Å². The maximum Gasteiger partial charge on any atom is 0.416 e. The summed E-state index contributed by atoms with van der Waals surface area (Å²) >= 11 is 0. The van der Waals surface area contributed by atoms with Gasteiger partial charge in [-0.1, -0.05) is 30.3 Å². The lowest BCUT2D eigenvalue weighted by molar-refractivity contribution is -0.137. The van der Waals surface area contributed by atoms with Crippen molar-refractivity contribution < 1.29 is 27.9 Å². The normalized spacial score (nSPS) is 12.1. The van der Waals surface area contributed by atoms with Gasteiger partial charge in [0.05, 0.1) is 23.4 Å². The number of carboxylic acid groups (broad SMARTS) is 1. The fourth-order valence-corrected chi connectivity index (χ4v) is 3.95. The van der Waals surface area contributed by atoms with E-state index in [4.69, 9.17) is 5.11 Å². The summed E-state index contributed by atoms with van der Waals surface area (Å²) in [5, 5.41) is 18.1. The Morgan fingerprint density at radius 1 is 1.00 bits per heavy atom. The van der Waals surface area contributed by atoms with Crippen LogP contribution in [-0.4, -0.2) is 31.9 Å². The largest absolute Gasteiger partial charge is 0.465 e. The van der Waals surface area contributed by atoms with E-state index in [0.717, 1.165) is 28.8 Å². The summed E-state index contributed by atoms with van der Waals surface area (Å²) in [7, 11) is 1.79. The molecule has 0 aliphatic carbocycles. The van der Waals surface area contributed by atoms with Gasteiger partial charge in [-0.25, -0.2) is 4.79 Å². The first-order chi connectivity index (χ1) is 18.0. The van der Waals surface area contributed by atoms with Crippen LogP contribution in [0.25, 0.3) is 22.3 Å². The second kappa shape index (κ2) is 10.8. The highest BCUT2D eigenvalue weighted by Gasteiger charge is 2.31. The van der Waals surface area contributed by atoms with E-state index < -0.39 is 23.9 Å². The molecule has 0 radical (unpaired) electrons. The molecule has 0 aliphatic rings. The molecule has 2 heterocycles. The Balaban J connectivity index is 1.53. The first kappa shape index (κ1) is 26.4. The number of benzene rings is 2. The Bertz CT molecular complexity index is 1470. The number of halogens is 3. The van der Waals surface area contributed by atoms with Gasteiger partial charge in [-0.15, -0.1) is 0 Å². The van der Waals surface area contributed by atoms with Gasteiger partial charge in [0.15, 0.2) is 0 Å². The molecule has 0 saturated carbocycles. The molecule has 0 fully saturated rings. The number of nitrogens with zero attached hydrogens (tertiary/aromatic N) is 3. The summed E-state index contributed by atoms with van der Waals surface area (Å²) in [5.74, 6) is -0.334. The zero-order valence-corrected chi connectivity index (χ0v) is 20.5. The van der Waals surface area contributed by atoms with Gasteiger partial charge < -0.3 is 15.7 Å². The Labute approximate surface area is 216 Å². The average Bonchev–Trinajstić information content (AvgIpc) is 3.33. The predicted molar refractivity (Wildman–Crippen MR) is 134 cm³/mol. The number of carbonyl (C=O) groups excluding carboxylic acids is 1. The number of rotatable bonds is 7. The molecule has 8 nitrogen and oxygen atoms in total. The van der Waals surface area contributed by atoms with E-state index in [0.29, 0.717) is 16.7 Å². The minimum absolute atomic E-state index is 0.150. The van der Waals surface area contributed by atoms with Gasteiger partial charge in [-0.2, -0.15) is 18.3 Å². The van der Waals surface area contributed by atoms with E-state index in [9.17, 15) is 22.8 Å². The fraction of sp³-hybridized carbons (Fsp3) is 0.185. The summed E-state index contributed by atoms with van der Waals surface area (Å²) in [6.45, 7) is 1.64. The molecule has 2 aromatic heterocycles. The molecule has 0 spiro atoms. The standard InChI is InChI=1S/C27H24F3N5O3/c1-16(34-25(36)21-9-20(11-31-12-21)22-14-33-35(2)15-22)17-3-5-18(6-4-17)24-10-23(27(28,29)30)8-7-19(24)13-32-26(37)38/h3-12,14-16,32H,13H2,1-2H3,(H,34,36)(H,37,38)/t16-/m1/s1. The Morgan fingerprint density at radius 3 is 2.37 bits per heavy atom. The summed E-state index contributed by atoms with van der Waals surface area (Å²) < 4.78 is 41.6. The van der Waals surface area contributed by atoms with E-state index in [1.807, 2.05) is 6.20 Å². The number of amides is 2. The summed E-state index contributed by atoms with van der Waals surface area (Å²) in [6.07, 6.45) is 0.773. The lowest BCUT2D eigenvalue weighted by Gasteiger charge is -2.17. The number of carbonyl (C=O) groups is 2. The maximum atomic E-state index is 13.3. The SMILES string of the molecule is C[C@@H](NC(=O)c1cncc(-c2cnn(C)c2)c1)c1ccc(-c2cc(C(F)(F)F)ccc2CNC(=O)O)cc1. The molecule has 4 rings (SSSR count). The van der Waals surface area contributed by atoms with Crippen LogP contribution in [0, 0.1) is 0 Å². The number of aromatic nitrogens is 3. The number of nitrogens with one attached hydrogen (secondary N) is 2. The van der Waals surface area contributed by atoms with Gasteiger partial charge in [0.1, 0.15) is 0 Å². The lowest BCUT2D eigenvalue weighted by atomic mass is 9.95. The molecule has 2 amide bonds. The lowest BCUT2D eigenvalue weighted by Crippen LogP contribution is -2.26. The van der Waals surface area contributed by atoms with E-state index in [1.165, 1.54) is 12.3 Å². The average molecular weight is 524 g/mol. The summed E-state index contributed by atoms with van der Waals surface area (Å²) in [6, 6.07) is 11.2. The molecule has 0 saturated heterocycles. The summed E-state index contributed by atoms with van der Waals surface area (Å²) in [4.78, 5) is 27.9. The van der Waals surface area contributed by atoms with Crippen LogP contribution < -0.4 is 10.6 Å². The first-order valence-corrected chi connectivity index (χ1v) is 11.5. The number of hydrogen-bond donors (Lipinski definition) is 3. The molecular formula is C27H24F3N5O3. The maximum absolute atomic E-state index is 13.3. The smallest absolute Gasteiger partial charge is 0.416 e. The van der Waals surface area contributed by atoms with Crippen LogP contribution in [0.4, 0.5) is 18.0 Å². The first-order valence-electron chi connectivity index (χ1n) is 11.5. The van der Waals surface area contributed by atoms with Crippen molar-refractivity contribution in [3.05, 3.63) is 95.6 Å². The molecule has 38 heavy (non-hydrogen) atoms. The summed E-state index contributed by atoms with van der Waals surface area (Å²) in [5.41, 5.74) is 2.98. The van der Waals surface area contributed by atoms with E-state index in [2.05, 4.69) is 20.7 Å². The Hall–Kier alpha value is -4.67. The van der Waals surface area contributed by atoms with Crippen LogP contribution in [0.5, 0.6) is 0 Å². The monoisotopic (exact) mass is 523 g/mol. The molecule has 1 atom stereocenters. The van der Waals surface area contributed by atoms with Crippen LogP contribution in [0.3, 0.4) is 0 Å². The van der Waals surface area contributed by atoms with Gasteiger partial charge >= 0.3 is 12.3 Å². The van der Waals surface area contributed by atoms with Crippen LogP contribution in [-0.2, 0) is 19.8 Å². The van der Waals surface area contributed by atoms with Crippen molar-refractivity contribution >= 4 is 12.0 Å². The second-order valence-corrected chi connectivity index (χ2v) is 8.71. The zero-order valence-electron chi connectivity index (χ0n) is 20.5. The quantitative estimate of drug-likeness (QED) is 0.300. The Kier molecular flexibility index (Phi) is 7.47. The van der Waals surface area contributed by atoms with Crippen LogP contribution in [0.1, 0.15) is 40.0 Å². The van der Waals surface area contributed by atoms with Crippen molar-refractivity contribution in [2.45, 2.75) is 25.7 Å². The van der Waals surface area contributed by atoms with Gasteiger partial charge in [0.2, 0.25) is 0 Å². The highest BCUT2D eigenvalue weighted by Crippen LogP contribution is 2.34. The molecular weight excluding hydrogens is 499 g/mol. The number of alkyl halides is 3. The minimum atomic E-state index is -4.55. The predicted octanol–water partition coefficient (Wildman–Crippen LogP) is 5.43. The molecule has 196 valence electrons. The molecule has 0 unspecified atom stereocenters. The molecule has 2 aromatic carbocycles. The third kappa shape index (κ3) is 6.17. The number of pyridine rings is 1. The molecule has 11 heteroatoms. The highest BCUT2D eigenvalue weighted by molar-refractivity contribution is 5.95. The second-order valence-electron chi connectivity index (χ2n) is 8.71. The third-order valence-corrected chi connectivity index (χ3v) is 5.98. The number of aryl methyl sites for hydroxylation is 1. The van der Waals surface area contributed by atoms with Gasteiger partial charge in [-0.05, 0) is 47.4 Å². The fourth-order valence-electron chi connectivity index (χ4n) is 3.95. The third-order valence-electron chi connectivity index (χ3n) is 5.98. The molecule has 4 aromatic rings.